The normalized spacial score (nSPS) is 25.0. The van der Waals surface area contributed by atoms with Gasteiger partial charge >= 0.3 is 0 Å². The van der Waals surface area contributed by atoms with Crippen molar-refractivity contribution in [1.82, 2.24) is 34.2 Å². The number of piperazine rings is 1. The van der Waals surface area contributed by atoms with E-state index in [4.69, 9.17) is 4.98 Å². The van der Waals surface area contributed by atoms with Crippen molar-refractivity contribution < 1.29 is 29.1 Å². The van der Waals surface area contributed by atoms with Crippen molar-refractivity contribution in [3.63, 3.8) is 0 Å². The average molecular weight is 1040 g/mol. The number of fused-ring (bicyclic) bond motifs is 4. The monoisotopic (exact) mass is 1040 g/mol. The number of anilines is 5. The van der Waals surface area contributed by atoms with E-state index in [1.807, 2.05) is 30.3 Å². The molecule has 7 aliphatic rings. The Hall–Kier alpha value is -7.18. The second-order valence-electron chi connectivity index (χ2n) is 24.2. The fourth-order valence-electron chi connectivity index (χ4n) is 13.9. The third-order valence-electron chi connectivity index (χ3n) is 18.1. The first-order valence-electron chi connectivity index (χ1n) is 27.5. The molecular weight excluding hydrogens is 975 g/mol. The van der Waals surface area contributed by atoms with Crippen LogP contribution in [0.1, 0.15) is 122 Å². The molecule has 3 aromatic heterocycles. The van der Waals surface area contributed by atoms with E-state index >= 15 is 0 Å². The van der Waals surface area contributed by atoms with Crippen LogP contribution < -0.4 is 30.9 Å². The minimum atomic E-state index is -0.997. The molecule has 2 aliphatic carbocycles. The van der Waals surface area contributed by atoms with E-state index in [1.165, 1.54) is 15.8 Å². The molecule has 2 aromatic carbocycles. The number of carbonyl (C=O) groups is 5. The van der Waals surface area contributed by atoms with E-state index in [-0.39, 0.29) is 59.6 Å². The van der Waals surface area contributed by atoms with Crippen LogP contribution in [0.15, 0.2) is 71.8 Å². The fraction of sp³-hybridized carbons (Fsp3) is 0.492. The number of aromatic nitrogens is 4. The number of carbonyl (C=O) groups excluding carboxylic acids is 5. The van der Waals surface area contributed by atoms with Gasteiger partial charge in [-0.1, -0.05) is 41.5 Å². The van der Waals surface area contributed by atoms with Gasteiger partial charge < -0.3 is 29.4 Å². The molecule has 4 fully saturated rings. The second kappa shape index (κ2) is 18.8. The second-order valence-corrected chi connectivity index (χ2v) is 24.2. The molecule has 18 nitrogen and oxygen atoms in total. The van der Waals surface area contributed by atoms with Gasteiger partial charge in [0.1, 0.15) is 17.6 Å². The smallest absolute Gasteiger partial charge is 0.293 e. The summed E-state index contributed by atoms with van der Waals surface area (Å²) >= 11 is 0. The first-order valence-corrected chi connectivity index (χ1v) is 27.5. The third-order valence-corrected chi connectivity index (χ3v) is 18.1. The van der Waals surface area contributed by atoms with Crippen LogP contribution in [0.3, 0.4) is 0 Å². The number of nitrogens with one attached hydrogen (secondary N) is 2. The van der Waals surface area contributed by atoms with E-state index in [0.717, 1.165) is 74.6 Å². The molecule has 402 valence electrons. The summed E-state index contributed by atoms with van der Waals surface area (Å²) in [6, 6.07) is 17.5. The minimum Gasteiger partial charge on any atom is -0.392 e. The summed E-state index contributed by atoms with van der Waals surface area (Å²) in [5.74, 6) is -0.871. The maximum Gasteiger partial charge on any atom is 0.293 e. The molecule has 5 aromatic rings. The molecule has 77 heavy (non-hydrogen) atoms. The highest BCUT2D eigenvalue weighted by atomic mass is 16.3. The average Bonchev–Trinajstić information content (AvgIpc) is 3.94. The Labute approximate surface area is 448 Å². The number of aryl methyl sites for hydroxylation is 1. The van der Waals surface area contributed by atoms with E-state index in [0.29, 0.717) is 76.1 Å². The van der Waals surface area contributed by atoms with Crippen LogP contribution in [0.2, 0.25) is 0 Å². The van der Waals surface area contributed by atoms with Crippen LogP contribution in [0.4, 0.5) is 28.7 Å². The van der Waals surface area contributed by atoms with Crippen molar-refractivity contribution in [2.45, 2.75) is 124 Å². The van der Waals surface area contributed by atoms with Gasteiger partial charge in [-0.25, -0.2) is 9.97 Å². The number of amides is 5. The summed E-state index contributed by atoms with van der Waals surface area (Å²) in [5, 5.41) is 16.4. The van der Waals surface area contributed by atoms with Crippen molar-refractivity contribution >= 4 is 58.2 Å². The van der Waals surface area contributed by atoms with Crippen molar-refractivity contribution in [1.29, 1.82) is 0 Å². The lowest BCUT2D eigenvalue weighted by Crippen LogP contribution is -2.57. The number of nitrogens with zero attached hydrogens (tertiary/aromatic N) is 9. The van der Waals surface area contributed by atoms with Crippen molar-refractivity contribution in [3.8, 4) is 11.3 Å². The van der Waals surface area contributed by atoms with Gasteiger partial charge in [-0.05, 0) is 121 Å². The first kappa shape index (κ1) is 50.6. The van der Waals surface area contributed by atoms with Gasteiger partial charge in [0.15, 0.2) is 5.82 Å². The zero-order chi connectivity index (χ0) is 54.0. The molecule has 0 bridgehead atoms. The van der Waals surface area contributed by atoms with Crippen molar-refractivity contribution in [2.24, 2.45) is 29.7 Å². The summed E-state index contributed by atoms with van der Waals surface area (Å²) in [6.45, 7) is 17.9. The molecule has 12 rings (SSSR count). The molecule has 5 atom stereocenters. The molecule has 5 amide bonds. The number of aliphatic hydroxyl groups is 1. The van der Waals surface area contributed by atoms with Gasteiger partial charge in [0.05, 0.1) is 23.4 Å². The Bertz CT molecular complexity index is 3340. The van der Waals surface area contributed by atoms with Crippen LogP contribution in [-0.4, -0.2) is 120 Å². The minimum absolute atomic E-state index is 0.0800. The van der Waals surface area contributed by atoms with Crippen molar-refractivity contribution in [3.05, 3.63) is 111 Å². The lowest BCUT2D eigenvalue weighted by molar-refractivity contribution is -0.136. The maximum absolute atomic E-state index is 14.1. The predicted octanol–water partition coefficient (Wildman–Crippen LogP) is 6.30. The molecule has 3 unspecified atom stereocenters. The highest BCUT2D eigenvalue weighted by Gasteiger charge is 2.60. The fourth-order valence-corrected chi connectivity index (χ4v) is 13.9. The van der Waals surface area contributed by atoms with Crippen LogP contribution in [0.25, 0.3) is 11.3 Å². The summed E-state index contributed by atoms with van der Waals surface area (Å²) in [6.07, 6.45) is 8.56. The lowest BCUT2D eigenvalue weighted by Gasteiger charge is -2.47. The van der Waals surface area contributed by atoms with Crippen LogP contribution >= 0.6 is 0 Å². The molecule has 1 spiro atoms. The number of piperidine rings is 2. The van der Waals surface area contributed by atoms with Gasteiger partial charge in [0, 0.05) is 117 Å². The quantitative estimate of drug-likeness (QED) is 0.125. The molecule has 1 saturated carbocycles. The van der Waals surface area contributed by atoms with E-state index in [1.54, 1.807) is 36.5 Å². The molecular formula is C59H69N11O7. The topological polar surface area (TPSA) is 199 Å². The number of hydrogen-bond acceptors (Lipinski definition) is 13. The Kier molecular flexibility index (Phi) is 12.3. The van der Waals surface area contributed by atoms with Gasteiger partial charge in [-0.2, -0.15) is 0 Å². The first-order chi connectivity index (χ1) is 36.8. The molecule has 18 heteroatoms. The number of hydrogen-bond donors (Lipinski definition) is 3. The zero-order valence-electron chi connectivity index (χ0n) is 45.1. The molecule has 3 N–H and O–H groups in total. The summed E-state index contributed by atoms with van der Waals surface area (Å²) in [5.41, 5.74) is 8.04. The Morgan fingerprint density at radius 1 is 0.792 bits per heavy atom. The largest absolute Gasteiger partial charge is 0.392 e. The van der Waals surface area contributed by atoms with Crippen LogP contribution in [0.5, 0.6) is 0 Å². The van der Waals surface area contributed by atoms with Gasteiger partial charge in [-0.3, -0.25) is 48.8 Å². The summed E-state index contributed by atoms with van der Waals surface area (Å²) in [7, 11) is 1.68. The van der Waals surface area contributed by atoms with Gasteiger partial charge in [0.2, 0.25) is 11.8 Å². The van der Waals surface area contributed by atoms with Gasteiger partial charge in [0.25, 0.3) is 23.3 Å². The van der Waals surface area contributed by atoms with E-state index < -0.39 is 29.7 Å². The SMILES string of the molecule is CC(C)C1CC2(CCN1c1ccc3c(c1)C(=O)N(C1CCC(=O)NC1=O)C3=O)C[C@@H]2N1CCN(c2ccc(Nc3nc(-c4ccnc(N5CCn6c(cc7c6CC(C)(C)C7)C5=O)c4CO)cn(C)c3=O)cc2)[C@@H](C(C)C)C1. The van der Waals surface area contributed by atoms with E-state index in [9.17, 15) is 33.9 Å². The van der Waals surface area contributed by atoms with E-state index in [2.05, 4.69) is 88.6 Å². The van der Waals surface area contributed by atoms with Gasteiger partial charge in [-0.15, -0.1) is 0 Å². The molecule has 8 heterocycles. The Morgan fingerprint density at radius 3 is 2.27 bits per heavy atom. The summed E-state index contributed by atoms with van der Waals surface area (Å²) in [4.78, 5) is 99.3. The zero-order valence-corrected chi connectivity index (χ0v) is 45.1. The van der Waals surface area contributed by atoms with Crippen LogP contribution in [0, 0.1) is 22.7 Å². The molecule has 3 saturated heterocycles. The third kappa shape index (κ3) is 8.62. The Morgan fingerprint density at radius 2 is 1.53 bits per heavy atom. The molecule has 0 radical (unpaired) electrons. The Balaban J connectivity index is 0.708. The summed E-state index contributed by atoms with van der Waals surface area (Å²) < 4.78 is 3.64. The van der Waals surface area contributed by atoms with Crippen molar-refractivity contribution in [2.75, 3.05) is 52.7 Å². The number of rotatable bonds is 11. The highest BCUT2D eigenvalue weighted by molar-refractivity contribution is 6.23. The highest BCUT2D eigenvalue weighted by Crippen LogP contribution is 2.59. The number of aliphatic hydroxyl groups excluding tert-OH is 1. The molecule has 5 aliphatic heterocycles. The maximum atomic E-state index is 14.1. The van der Waals surface area contributed by atoms with Crippen LogP contribution in [-0.2, 0) is 42.6 Å². The predicted molar refractivity (Wildman–Crippen MR) is 292 cm³/mol. The number of imide groups is 2. The lowest BCUT2D eigenvalue weighted by atomic mass is 9.81. The number of benzene rings is 2. The number of pyridine rings is 1. The standard InChI is InChI=1S/C59H69N11O7/c1-33(2)46-28-59(17-19-66(46)38-12-13-40-41(25-38)55(75)70(54(40)74)44-14-15-50(72)63-53(44)73)29-49(59)65-20-21-67(48(31-65)34(3)4)37-10-8-36(9-11-37)61-51-57(77)64(7)30-43(62-51)39-16-18-60-52(42(39)32-71)69-23-22-68-45(56(69)76)24-35-26-58(5,6)27-47(35)68/h8-13,16,18,24-25,30,33-34,44,46,48-49,71H,14-15,17,19-23,26-29,31-32H2,1-7H3,(H,61,62)(H,63,72,73)/t44?,46?,48-,49+,59?/m1/s1.